The zero-order chi connectivity index (χ0) is 23.3. The van der Waals surface area contributed by atoms with Gasteiger partial charge in [-0.2, -0.15) is 5.10 Å². The number of para-hydroxylation sites is 2. The van der Waals surface area contributed by atoms with Crippen molar-refractivity contribution >= 4 is 11.8 Å². The number of benzene rings is 3. The molecule has 0 aliphatic rings. The molecular weight excluding hydrogens is 430 g/mol. The highest BCUT2D eigenvalue weighted by Gasteiger charge is 2.20. The van der Waals surface area contributed by atoms with Gasteiger partial charge in [0.2, 0.25) is 0 Å². The van der Waals surface area contributed by atoms with E-state index in [1.807, 2.05) is 91.0 Å². The fourth-order valence-electron chi connectivity index (χ4n) is 3.38. The first-order valence-electron chi connectivity index (χ1n) is 10.5. The summed E-state index contributed by atoms with van der Waals surface area (Å²) in [6.45, 7) is 0. The van der Waals surface area contributed by atoms with E-state index in [0.717, 1.165) is 16.9 Å². The number of carbonyl (C=O) groups excluding carboxylic acids is 2. The minimum absolute atomic E-state index is 0.0624. The number of hydrogen-bond acceptors (Lipinski definition) is 5. The van der Waals surface area contributed by atoms with E-state index in [0.29, 0.717) is 11.3 Å². The molecule has 0 radical (unpaired) electrons. The number of rotatable bonds is 5. The summed E-state index contributed by atoms with van der Waals surface area (Å²) in [5.74, 6) is -1.10. The molecular formula is C25H19N7O2. The molecule has 34 heavy (non-hydrogen) atoms. The molecule has 2 N–H and O–H groups in total. The van der Waals surface area contributed by atoms with Crippen molar-refractivity contribution in [2.24, 2.45) is 0 Å². The molecule has 3 aromatic carbocycles. The van der Waals surface area contributed by atoms with Gasteiger partial charge in [0.1, 0.15) is 5.69 Å². The fraction of sp³-hybridized carbons (Fsp3) is 0. The lowest BCUT2D eigenvalue weighted by molar-refractivity contribution is 0.0844. The number of nitrogens with one attached hydrogen (secondary N) is 2. The smallest absolute Gasteiger partial charge is 0.267 e. The van der Waals surface area contributed by atoms with Crippen LogP contribution >= 0.6 is 0 Å². The summed E-state index contributed by atoms with van der Waals surface area (Å²) in [6, 6.07) is 28.1. The van der Waals surface area contributed by atoms with Crippen molar-refractivity contribution in [2.75, 3.05) is 0 Å². The van der Waals surface area contributed by atoms with Gasteiger partial charge in [-0.1, -0.05) is 71.9 Å². The molecule has 0 saturated heterocycles. The zero-order valence-corrected chi connectivity index (χ0v) is 17.9. The normalized spacial score (nSPS) is 10.6. The van der Waals surface area contributed by atoms with Crippen LogP contribution in [0.5, 0.6) is 0 Å². The second-order valence-electron chi connectivity index (χ2n) is 7.33. The van der Waals surface area contributed by atoms with Crippen LogP contribution in [-0.2, 0) is 0 Å². The Morgan fingerprint density at radius 3 is 1.85 bits per heavy atom. The first kappa shape index (κ1) is 20.8. The van der Waals surface area contributed by atoms with E-state index in [9.17, 15) is 9.59 Å². The highest BCUT2D eigenvalue weighted by Crippen LogP contribution is 2.23. The van der Waals surface area contributed by atoms with E-state index in [2.05, 4.69) is 26.3 Å². The molecule has 0 atom stereocenters. The molecule has 0 aliphatic carbocycles. The maximum atomic E-state index is 13.0. The molecule has 5 aromatic rings. The van der Waals surface area contributed by atoms with Gasteiger partial charge in [-0.15, -0.1) is 5.10 Å². The monoisotopic (exact) mass is 449 g/mol. The van der Waals surface area contributed by atoms with Gasteiger partial charge in [0.05, 0.1) is 23.1 Å². The van der Waals surface area contributed by atoms with Gasteiger partial charge in [-0.05, 0) is 24.3 Å². The van der Waals surface area contributed by atoms with Gasteiger partial charge in [0.15, 0.2) is 5.69 Å². The Morgan fingerprint density at radius 2 is 1.21 bits per heavy atom. The maximum absolute atomic E-state index is 13.0. The quantitative estimate of drug-likeness (QED) is 0.401. The van der Waals surface area contributed by atoms with Gasteiger partial charge in [0, 0.05) is 11.8 Å². The molecule has 5 rings (SSSR count). The molecule has 0 bridgehead atoms. The van der Waals surface area contributed by atoms with Gasteiger partial charge in [-0.25, -0.2) is 9.36 Å². The lowest BCUT2D eigenvalue weighted by Crippen LogP contribution is -2.41. The molecule has 9 heteroatoms. The SMILES string of the molecule is O=C(NNC(=O)c1cn(-c2ccccc2)nc1-c1ccccc1)c1cn(-c2ccccc2)nn1. The summed E-state index contributed by atoms with van der Waals surface area (Å²) >= 11 is 0. The van der Waals surface area contributed by atoms with Crippen molar-refractivity contribution in [1.29, 1.82) is 0 Å². The number of hydrazine groups is 1. The van der Waals surface area contributed by atoms with E-state index in [-0.39, 0.29) is 5.69 Å². The van der Waals surface area contributed by atoms with Crippen LogP contribution in [0.4, 0.5) is 0 Å². The summed E-state index contributed by atoms with van der Waals surface area (Å²) in [6.07, 6.45) is 3.12. The third-order valence-corrected chi connectivity index (χ3v) is 5.06. The molecule has 0 fully saturated rings. The third-order valence-electron chi connectivity index (χ3n) is 5.06. The predicted molar refractivity (Wildman–Crippen MR) is 125 cm³/mol. The van der Waals surface area contributed by atoms with Crippen LogP contribution in [0.1, 0.15) is 20.8 Å². The Labute approximate surface area is 194 Å². The fourth-order valence-corrected chi connectivity index (χ4v) is 3.38. The van der Waals surface area contributed by atoms with Crippen LogP contribution in [0, 0.1) is 0 Å². The molecule has 0 unspecified atom stereocenters. The Kier molecular flexibility index (Phi) is 5.64. The van der Waals surface area contributed by atoms with Gasteiger partial charge < -0.3 is 0 Å². The molecule has 0 saturated carbocycles. The minimum atomic E-state index is -0.591. The standard InChI is InChI=1S/C25H19N7O2/c33-24(27-28-25(34)22-17-32(30-26-22)20-14-8-3-9-15-20)21-16-31(19-12-6-2-7-13-19)29-23(21)18-10-4-1-5-11-18/h1-17H,(H,27,33)(H,28,34). The largest absolute Gasteiger partial charge is 0.291 e. The molecule has 9 nitrogen and oxygen atoms in total. The predicted octanol–water partition coefficient (Wildman–Crippen LogP) is 3.19. The Bertz CT molecular complexity index is 1430. The Morgan fingerprint density at radius 1 is 0.647 bits per heavy atom. The van der Waals surface area contributed by atoms with Crippen LogP contribution in [0.15, 0.2) is 103 Å². The van der Waals surface area contributed by atoms with Crippen molar-refractivity contribution in [1.82, 2.24) is 35.6 Å². The third kappa shape index (κ3) is 4.30. The average Bonchev–Trinajstić information content (AvgIpc) is 3.57. The Hall–Kier alpha value is -5.05. The summed E-state index contributed by atoms with van der Waals surface area (Å²) in [7, 11) is 0. The van der Waals surface area contributed by atoms with E-state index in [1.165, 1.54) is 10.9 Å². The number of aromatic nitrogens is 5. The topological polar surface area (TPSA) is 107 Å². The first-order chi connectivity index (χ1) is 16.7. The van der Waals surface area contributed by atoms with E-state index in [4.69, 9.17) is 0 Å². The number of hydrogen-bond donors (Lipinski definition) is 2. The van der Waals surface area contributed by atoms with Crippen molar-refractivity contribution in [3.63, 3.8) is 0 Å². The highest BCUT2D eigenvalue weighted by atomic mass is 16.2. The number of amides is 2. The molecule has 2 amide bonds. The van der Waals surface area contributed by atoms with Crippen LogP contribution in [0.2, 0.25) is 0 Å². The second kappa shape index (κ2) is 9.21. The molecule has 166 valence electrons. The van der Waals surface area contributed by atoms with Crippen molar-refractivity contribution in [2.45, 2.75) is 0 Å². The maximum Gasteiger partial charge on any atom is 0.291 e. The molecule has 2 heterocycles. The lowest BCUT2D eigenvalue weighted by atomic mass is 10.1. The van der Waals surface area contributed by atoms with Crippen molar-refractivity contribution in [3.8, 4) is 22.6 Å². The minimum Gasteiger partial charge on any atom is -0.267 e. The van der Waals surface area contributed by atoms with Gasteiger partial charge in [0.25, 0.3) is 11.8 Å². The molecule has 0 spiro atoms. The van der Waals surface area contributed by atoms with Gasteiger partial charge in [-0.3, -0.25) is 20.4 Å². The molecule has 2 aromatic heterocycles. The van der Waals surface area contributed by atoms with Crippen LogP contribution in [0.25, 0.3) is 22.6 Å². The molecule has 0 aliphatic heterocycles. The van der Waals surface area contributed by atoms with Crippen molar-refractivity contribution in [3.05, 3.63) is 115 Å². The lowest BCUT2D eigenvalue weighted by Gasteiger charge is -2.06. The van der Waals surface area contributed by atoms with Crippen LogP contribution < -0.4 is 10.9 Å². The highest BCUT2D eigenvalue weighted by molar-refractivity contribution is 6.01. The van der Waals surface area contributed by atoms with E-state index < -0.39 is 11.8 Å². The van der Waals surface area contributed by atoms with Crippen LogP contribution in [-0.4, -0.2) is 36.6 Å². The Balaban J connectivity index is 1.36. The van der Waals surface area contributed by atoms with E-state index >= 15 is 0 Å². The summed E-state index contributed by atoms with van der Waals surface area (Å²) in [5, 5.41) is 12.5. The first-order valence-corrected chi connectivity index (χ1v) is 10.5. The number of carbonyl (C=O) groups is 2. The summed E-state index contributed by atoms with van der Waals surface area (Å²) in [5.41, 5.74) is 8.06. The van der Waals surface area contributed by atoms with Crippen LogP contribution in [0.3, 0.4) is 0 Å². The van der Waals surface area contributed by atoms with Gasteiger partial charge >= 0.3 is 0 Å². The second-order valence-corrected chi connectivity index (χ2v) is 7.33. The van der Waals surface area contributed by atoms with E-state index in [1.54, 1.807) is 10.9 Å². The summed E-state index contributed by atoms with van der Waals surface area (Å²) in [4.78, 5) is 25.6. The van der Waals surface area contributed by atoms with Crippen molar-refractivity contribution < 1.29 is 9.59 Å². The summed E-state index contributed by atoms with van der Waals surface area (Å²) < 4.78 is 3.11. The number of nitrogens with zero attached hydrogens (tertiary/aromatic N) is 5. The zero-order valence-electron chi connectivity index (χ0n) is 17.9. The average molecular weight is 449 g/mol.